The van der Waals surface area contributed by atoms with Gasteiger partial charge in [-0.2, -0.15) is 0 Å². The molecule has 3 N–H and O–H groups in total. The van der Waals surface area contributed by atoms with Gasteiger partial charge in [0.05, 0.1) is 39.6 Å². The third-order valence-corrected chi connectivity index (χ3v) is 9.30. The summed E-state index contributed by atoms with van der Waals surface area (Å²) in [6.07, 6.45) is 0.174. The van der Waals surface area contributed by atoms with E-state index in [1.807, 2.05) is 0 Å². The van der Waals surface area contributed by atoms with Crippen molar-refractivity contribution in [2.45, 2.75) is 29.9 Å². The highest BCUT2D eigenvalue weighted by atomic mass is 32.2. The molecule has 0 radical (unpaired) electrons. The predicted octanol–water partition coefficient (Wildman–Crippen LogP) is 0.0365. The molecule has 3 atom stereocenters. The maximum absolute atomic E-state index is 12.5. The smallest absolute Gasteiger partial charge is 0.313 e. The Labute approximate surface area is 170 Å². The number of aliphatic hydroxyl groups is 2. The fraction of sp³-hybridized carbons (Fsp3) is 0.474. The van der Waals surface area contributed by atoms with Gasteiger partial charge < -0.3 is 20.1 Å². The number of sulfone groups is 1. The van der Waals surface area contributed by atoms with Crippen molar-refractivity contribution < 1.29 is 38.1 Å². The van der Waals surface area contributed by atoms with Gasteiger partial charge in [-0.05, 0) is 37.5 Å². The number of ether oxygens (including phenoxy) is 1. The number of carboxylic acid groups (broad SMARTS) is 1. The van der Waals surface area contributed by atoms with E-state index in [0.717, 1.165) is 11.8 Å². The molecule has 0 unspecified atom stereocenters. The lowest BCUT2D eigenvalue weighted by Crippen LogP contribution is -2.41. The van der Waals surface area contributed by atoms with Gasteiger partial charge in [-0.15, -0.1) is 11.8 Å². The zero-order valence-electron chi connectivity index (χ0n) is 15.8. The van der Waals surface area contributed by atoms with Gasteiger partial charge in [0.15, 0.2) is 9.84 Å². The molecule has 1 aromatic rings. The fourth-order valence-electron chi connectivity index (χ4n) is 4.71. The molecule has 0 bridgehead atoms. The highest BCUT2D eigenvalue weighted by Gasteiger charge is 2.75. The number of carbonyl (C=O) groups excluding carboxylic acids is 1. The second-order valence-electron chi connectivity index (χ2n) is 7.41. The van der Waals surface area contributed by atoms with E-state index in [4.69, 9.17) is 9.84 Å². The number of aliphatic hydroxyl groups excluding tert-OH is 2. The van der Waals surface area contributed by atoms with E-state index in [2.05, 4.69) is 0 Å². The molecule has 156 valence electrons. The zero-order chi connectivity index (χ0) is 21.3. The van der Waals surface area contributed by atoms with Crippen LogP contribution in [0.25, 0.3) is 11.5 Å². The number of esters is 1. The summed E-state index contributed by atoms with van der Waals surface area (Å²) in [5.74, 6) is -4.45. The molecule has 2 aliphatic carbocycles. The first-order valence-electron chi connectivity index (χ1n) is 9.12. The van der Waals surface area contributed by atoms with Gasteiger partial charge in [-0.1, -0.05) is 0 Å². The average molecular weight is 440 g/mol. The maximum Gasteiger partial charge on any atom is 0.313 e. The minimum absolute atomic E-state index is 0.100. The number of carboxylic acids is 1. The number of rotatable bonds is 5. The Hall–Kier alpha value is -2.20. The van der Waals surface area contributed by atoms with Gasteiger partial charge >= 0.3 is 11.9 Å². The van der Waals surface area contributed by atoms with Crippen LogP contribution in [0.15, 0.2) is 11.0 Å². The first kappa shape index (κ1) is 20.1. The van der Waals surface area contributed by atoms with Crippen molar-refractivity contribution >= 4 is 45.1 Å². The van der Waals surface area contributed by atoms with Crippen LogP contribution >= 0.6 is 11.8 Å². The normalized spacial score (nSPS) is 28.3. The van der Waals surface area contributed by atoms with Crippen molar-refractivity contribution in [3.05, 3.63) is 27.6 Å². The number of carbonyl (C=O) groups is 2. The molecule has 0 spiro atoms. The van der Waals surface area contributed by atoms with Crippen LogP contribution in [-0.2, 0) is 30.6 Å². The summed E-state index contributed by atoms with van der Waals surface area (Å²) in [6, 6.07) is 1.51. The molecule has 3 aliphatic rings. The highest BCUT2D eigenvalue weighted by molar-refractivity contribution is 8.02. The quantitative estimate of drug-likeness (QED) is 0.542. The molecule has 1 saturated carbocycles. The van der Waals surface area contributed by atoms with Crippen LogP contribution in [-0.4, -0.2) is 58.5 Å². The Morgan fingerprint density at radius 2 is 2.03 bits per heavy atom. The molecule has 1 heterocycles. The lowest BCUT2D eigenvalue weighted by atomic mass is 9.96. The van der Waals surface area contributed by atoms with E-state index >= 15 is 0 Å². The zero-order valence-corrected chi connectivity index (χ0v) is 17.4. The van der Waals surface area contributed by atoms with Crippen molar-refractivity contribution in [1.82, 2.24) is 0 Å². The highest BCUT2D eigenvalue weighted by Crippen LogP contribution is 2.67. The van der Waals surface area contributed by atoms with Crippen molar-refractivity contribution in [1.29, 1.82) is 0 Å². The molecule has 4 rings (SSSR count). The summed E-state index contributed by atoms with van der Waals surface area (Å²) in [4.78, 5) is 23.9. The Morgan fingerprint density at radius 3 is 2.66 bits per heavy atom. The van der Waals surface area contributed by atoms with E-state index in [0.29, 0.717) is 16.3 Å². The van der Waals surface area contributed by atoms with Crippen LogP contribution in [0.5, 0.6) is 0 Å². The number of benzene rings is 1. The standard InChI is InChI=1S/C19H20O8S2/c1-3-27-18(24)14-13-15(22)10-6-8(2)16-9(4-5-29(16,25)26)12(10)17(23)19(13,14)28-7-11(20)21/h6,13-14,22-23H,3-5,7H2,1-2H3,(H,20,21)/t13-,14+,19-/m1/s1. The Bertz CT molecular complexity index is 1180. The van der Waals surface area contributed by atoms with E-state index in [9.17, 15) is 28.2 Å². The van der Waals surface area contributed by atoms with Crippen LogP contribution in [0.1, 0.15) is 18.1 Å². The summed E-state index contributed by atoms with van der Waals surface area (Å²) >= 11 is 0.851. The molecule has 1 aromatic carbocycles. The van der Waals surface area contributed by atoms with Crippen LogP contribution in [0.4, 0.5) is 0 Å². The molecule has 8 nitrogen and oxygen atoms in total. The second-order valence-corrected chi connectivity index (χ2v) is 10.7. The van der Waals surface area contributed by atoms with Crippen LogP contribution in [0.3, 0.4) is 0 Å². The van der Waals surface area contributed by atoms with E-state index in [-0.39, 0.29) is 40.4 Å². The largest absolute Gasteiger partial charge is 0.511 e. The third kappa shape index (κ3) is 2.61. The van der Waals surface area contributed by atoms with Crippen molar-refractivity contribution in [3.63, 3.8) is 0 Å². The van der Waals surface area contributed by atoms with Crippen molar-refractivity contribution in [3.8, 4) is 0 Å². The minimum atomic E-state index is -3.51. The topological polar surface area (TPSA) is 138 Å². The summed E-state index contributed by atoms with van der Waals surface area (Å²) in [5.41, 5.74) is 0.877. The lowest BCUT2D eigenvalue weighted by Gasteiger charge is -2.21. The molecule has 1 aliphatic heterocycles. The molecule has 29 heavy (non-hydrogen) atoms. The second kappa shape index (κ2) is 6.40. The van der Waals surface area contributed by atoms with Crippen molar-refractivity contribution in [2.24, 2.45) is 11.8 Å². The van der Waals surface area contributed by atoms with E-state index in [1.165, 1.54) is 6.07 Å². The van der Waals surface area contributed by atoms with Gasteiger partial charge in [-0.3, -0.25) is 9.59 Å². The first-order chi connectivity index (χ1) is 13.6. The molecule has 0 amide bonds. The lowest BCUT2D eigenvalue weighted by molar-refractivity contribution is -0.145. The molecule has 10 heteroatoms. The van der Waals surface area contributed by atoms with Gasteiger partial charge in [0.25, 0.3) is 0 Å². The molecular weight excluding hydrogens is 420 g/mol. The van der Waals surface area contributed by atoms with Crippen LogP contribution in [0.2, 0.25) is 0 Å². The monoisotopic (exact) mass is 440 g/mol. The Morgan fingerprint density at radius 1 is 1.34 bits per heavy atom. The first-order valence-corrected chi connectivity index (χ1v) is 11.8. The number of aryl methyl sites for hydroxylation is 1. The number of hydrogen-bond acceptors (Lipinski definition) is 8. The van der Waals surface area contributed by atoms with E-state index < -0.39 is 44.1 Å². The van der Waals surface area contributed by atoms with Crippen LogP contribution < -0.4 is 10.4 Å². The van der Waals surface area contributed by atoms with Crippen molar-refractivity contribution in [2.75, 3.05) is 18.1 Å². The maximum atomic E-state index is 12.5. The Balaban J connectivity index is 2.02. The number of fused-ring (bicyclic) bond motifs is 4. The molecule has 0 aromatic heterocycles. The average Bonchev–Trinajstić information content (AvgIpc) is 3.23. The SMILES string of the molecule is CCOC(=O)[C@@H]1[C@@H]2C(O)=c3cc(C)c4c(c3=C(O)[C@]12SCC(=O)O)CCS4(=O)=O. The minimum Gasteiger partial charge on any atom is -0.511 e. The van der Waals surface area contributed by atoms with Crippen LogP contribution in [0, 0.1) is 18.8 Å². The summed E-state index contributed by atoms with van der Waals surface area (Å²) < 4.78 is 28.7. The van der Waals surface area contributed by atoms with Gasteiger partial charge in [-0.25, -0.2) is 8.42 Å². The molecule has 1 fully saturated rings. The number of hydrogen-bond donors (Lipinski definition) is 3. The molecule has 0 saturated heterocycles. The van der Waals surface area contributed by atoms with E-state index in [1.54, 1.807) is 13.8 Å². The fourth-order valence-corrected chi connectivity index (χ4v) is 7.88. The summed E-state index contributed by atoms with van der Waals surface area (Å²) in [6.45, 7) is 3.36. The summed E-state index contributed by atoms with van der Waals surface area (Å²) in [7, 11) is -3.51. The number of aliphatic carboxylic acids is 1. The third-order valence-electron chi connectivity index (χ3n) is 5.80. The van der Waals surface area contributed by atoms with Gasteiger partial charge in [0, 0.05) is 10.4 Å². The van der Waals surface area contributed by atoms with Gasteiger partial charge in [0.2, 0.25) is 0 Å². The predicted molar refractivity (Wildman–Crippen MR) is 105 cm³/mol. The number of thioether (sulfide) groups is 1. The summed E-state index contributed by atoms with van der Waals surface area (Å²) in [5, 5.41) is 31.8. The Kier molecular flexibility index (Phi) is 4.43. The van der Waals surface area contributed by atoms with Gasteiger partial charge in [0.1, 0.15) is 11.5 Å². The molecular formula is C19H20O8S2.